The Bertz CT molecular complexity index is 1010. The van der Waals surface area contributed by atoms with Gasteiger partial charge in [0.25, 0.3) is 5.88 Å². The number of aromatic nitrogens is 6. The Labute approximate surface area is 169 Å². The van der Waals surface area contributed by atoms with Crippen molar-refractivity contribution in [2.24, 2.45) is 5.18 Å². The summed E-state index contributed by atoms with van der Waals surface area (Å²) in [5, 5.41) is 12.8. The predicted octanol–water partition coefficient (Wildman–Crippen LogP) is 3.47. The van der Waals surface area contributed by atoms with Gasteiger partial charge in [0.05, 0.1) is 23.7 Å². The second kappa shape index (κ2) is 7.98. The third-order valence-electron chi connectivity index (χ3n) is 4.67. The fourth-order valence-corrected chi connectivity index (χ4v) is 3.61. The molecule has 1 saturated heterocycles. The maximum atomic E-state index is 11.3. The summed E-state index contributed by atoms with van der Waals surface area (Å²) in [5.41, 5.74) is 1.40. The third kappa shape index (κ3) is 3.54. The first-order chi connectivity index (χ1) is 13.6. The van der Waals surface area contributed by atoms with E-state index < -0.39 is 0 Å². The molecule has 3 aromatic rings. The smallest absolute Gasteiger partial charge is 0.263 e. The molecule has 0 amide bonds. The number of hydrogen-bond donors (Lipinski definition) is 0. The Morgan fingerprint density at radius 3 is 2.86 bits per heavy atom. The van der Waals surface area contributed by atoms with Crippen molar-refractivity contribution in [2.45, 2.75) is 32.4 Å². The van der Waals surface area contributed by atoms with E-state index in [1.807, 2.05) is 11.6 Å². The molecule has 1 aliphatic heterocycles. The first-order valence-corrected chi connectivity index (χ1v) is 9.51. The normalized spacial score (nSPS) is 15.2. The molecular formula is C16H17Cl2N7O3. The molecule has 0 N–H and O–H groups in total. The molecule has 4 heterocycles. The van der Waals surface area contributed by atoms with Gasteiger partial charge < -0.3 is 9.47 Å². The number of rotatable bonds is 6. The number of hydrogen-bond acceptors (Lipinski definition) is 8. The van der Waals surface area contributed by atoms with Gasteiger partial charge in [-0.25, -0.2) is 9.67 Å². The lowest BCUT2D eigenvalue weighted by Crippen LogP contribution is -2.21. The van der Waals surface area contributed by atoms with Crippen molar-refractivity contribution < 1.29 is 9.47 Å². The predicted molar refractivity (Wildman–Crippen MR) is 102 cm³/mol. The summed E-state index contributed by atoms with van der Waals surface area (Å²) in [4.78, 5) is 19.4. The van der Waals surface area contributed by atoms with Crippen molar-refractivity contribution in [2.75, 3.05) is 19.8 Å². The molecule has 1 aliphatic rings. The van der Waals surface area contributed by atoms with E-state index in [0.29, 0.717) is 36.5 Å². The van der Waals surface area contributed by atoms with E-state index in [1.54, 1.807) is 4.68 Å². The summed E-state index contributed by atoms with van der Waals surface area (Å²) >= 11 is 12.0. The molecule has 1 fully saturated rings. The summed E-state index contributed by atoms with van der Waals surface area (Å²) in [6.45, 7) is 3.67. The SMILES string of the molecule is Cc1c(N=O)c(OCCn2nc(Cl)c3cnc(Cl)nc32)nn1C1CCOCC1. The van der Waals surface area contributed by atoms with Crippen LogP contribution in [-0.2, 0) is 11.3 Å². The van der Waals surface area contributed by atoms with Crippen molar-refractivity contribution in [3.63, 3.8) is 0 Å². The Morgan fingerprint density at radius 1 is 1.32 bits per heavy atom. The van der Waals surface area contributed by atoms with E-state index in [2.05, 4.69) is 25.3 Å². The lowest BCUT2D eigenvalue weighted by atomic mass is 10.1. The number of halogens is 2. The van der Waals surface area contributed by atoms with Gasteiger partial charge in [-0.3, -0.25) is 4.68 Å². The van der Waals surface area contributed by atoms with Crippen LogP contribution in [0.5, 0.6) is 5.88 Å². The minimum absolute atomic E-state index is 0.101. The van der Waals surface area contributed by atoms with E-state index in [1.165, 1.54) is 6.20 Å². The first kappa shape index (κ1) is 19.0. The topological polar surface area (TPSA) is 109 Å². The summed E-state index contributed by atoms with van der Waals surface area (Å²) in [7, 11) is 0. The fourth-order valence-electron chi connectivity index (χ4n) is 3.26. The summed E-state index contributed by atoms with van der Waals surface area (Å²) < 4.78 is 14.5. The molecule has 28 heavy (non-hydrogen) atoms. The molecule has 148 valence electrons. The van der Waals surface area contributed by atoms with Crippen LogP contribution in [0.25, 0.3) is 11.0 Å². The van der Waals surface area contributed by atoms with Crippen LogP contribution in [0.2, 0.25) is 10.4 Å². The average Bonchev–Trinajstić information content (AvgIpc) is 3.19. The van der Waals surface area contributed by atoms with Gasteiger partial charge in [0, 0.05) is 19.4 Å². The Kier molecular flexibility index (Phi) is 5.42. The highest BCUT2D eigenvalue weighted by atomic mass is 35.5. The standard InChI is InChI=1S/C16H17Cl2N7O3/c1-9-12(23-26)15(22-25(9)10-2-5-27-6-3-10)28-7-4-24-14-11(13(17)21-24)8-19-16(18)20-14/h8,10H,2-7H2,1H3. The molecule has 0 radical (unpaired) electrons. The van der Waals surface area contributed by atoms with Gasteiger partial charge in [0.1, 0.15) is 6.61 Å². The zero-order valence-corrected chi connectivity index (χ0v) is 16.5. The van der Waals surface area contributed by atoms with Crippen LogP contribution >= 0.6 is 23.2 Å². The van der Waals surface area contributed by atoms with Gasteiger partial charge in [0.15, 0.2) is 16.5 Å². The van der Waals surface area contributed by atoms with Gasteiger partial charge in [-0.1, -0.05) is 11.6 Å². The molecule has 0 bridgehead atoms. The Balaban J connectivity index is 1.51. The quantitative estimate of drug-likeness (QED) is 0.439. The highest BCUT2D eigenvalue weighted by molar-refractivity contribution is 6.34. The van der Waals surface area contributed by atoms with E-state index in [0.717, 1.165) is 12.8 Å². The average molecular weight is 426 g/mol. The molecule has 0 spiro atoms. The minimum Gasteiger partial charge on any atom is -0.473 e. The fraction of sp³-hybridized carbons (Fsp3) is 0.500. The monoisotopic (exact) mass is 425 g/mol. The Morgan fingerprint density at radius 2 is 2.11 bits per heavy atom. The molecule has 0 unspecified atom stereocenters. The number of ether oxygens (including phenoxy) is 2. The highest BCUT2D eigenvalue weighted by Gasteiger charge is 2.24. The van der Waals surface area contributed by atoms with Gasteiger partial charge in [0.2, 0.25) is 5.28 Å². The maximum absolute atomic E-state index is 11.3. The van der Waals surface area contributed by atoms with Crippen molar-refractivity contribution in [3.8, 4) is 5.88 Å². The van der Waals surface area contributed by atoms with E-state index >= 15 is 0 Å². The largest absolute Gasteiger partial charge is 0.473 e. The minimum atomic E-state index is 0.101. The molecule has 3 aromatic heterocycles. The lowest BCUT2D eigenvalue weighted by molar-refractivity contribution is 0.0652. The van der Waals surface area contributed by atoms with Crippen molar-refractivity contribution in [3.05, 3.63) is 27.2 Å². The van der Waals surface area contributed by atoms with Gasteiger partial charge in [-0.15, -0.1) is 10.0 Å². The van der Waals surface area contributed by atoms with Crippen LogP contribution in [0.15, 0.2) is 11.4 Å². The van der Waals surface area contributed by atoms with Gasteiger partial charge >= 0.3 is 0 Å². The van der Waals surface area contributed by atoms with Gasteiger partial charge in [-0.05, 0) is 36.5 Å². The second-order valence-corrected chi connectivity index (χ2v) is 7.05. The van der Waals surface area contributed by atoms with Crippen LogP contribution in [0.3, 0.4) is 0 Å². The number of nitroso groups, excluding NO2 is 1. The number of fused-ring (bicyclic) bond motifs is 1. The van der Waals surface area contributed by atoms with Crippen molar-refractivity contribution in [1.82, 2.24) is 29.5 Å². The van der Waals surface area contributed by atoms with Crippen LogP contribution in [0.4, 0.5) is 5.69 Å². The van der Waals surface area contributed by atoms with Gasteiger partial charge in [-0.2, -0.15) is 10.1 Å². The maximum Gasteiger partial charge on any atom is 0.263 e. The number of nitrogens with zero attached hydrogens (tertiary/aromatic N) is 7. The van der Waals surface area contributed by atoms with Crippen LogP contribution in [0.1, 0.15) is 24.6 Å². The second-order valence-electron chi connectivity index (χ2n) is 6.36. The lowest BCUT2D eigenvalue weighted by Gasteiger charge is -2.23. The first-order valence-electron chi connectivity index (χ1n) is 8.76. The van der Waals surface area contributed by atoms with Crippen LogP contribution < -0.4 is 4.74 Å². The molecule has 0 aliphatic carbocycles. The van der Waals surface area contributed by atoms with E-state index in [9.17, 15) is 4.91 Å². The zero-order chi connectivity index (χ0) is 19.7. The molecule has 0 aromatic carbocycles. The molecule has 0 atom stereocenters. The van der Waals surface area contributed by atoms with Crippen molar-refractivity contribution >= 4 is 39.9 Å². The third-order valence-corrected chi connectivity index (χ3v) is 5.13. The van der Waals surface area contributed by atoms with Crippen LogP contribution in [-0.4, -0.2) is 49.3 Å². The Hall–Kier alpha value is -2.30. The van der Waals surface area contributed by atoms with Crippen molar-refractivity contribution in [1.29, 1.82) is 0 Å². The van der Waals surface area contributed by atoms with Crippen LogP contribution in [0, 0.1) is 11.8 Å². The summed E-state index contributed by atoms with van der Waals surface area (Å²) in [6, 6.07) is 0.166. The highest BCUT2D eigenvalue weighted by Crippen LogP contribution is 2.34. The molecule has 4 rings (SSSR count). The van der Waals surface area contributed by atoms with E-state index in [4.69, 9.17) is 32.7 Å². The summed E-state index contributed by atoms with van der Waals surface area (Å²) in [5.74, 6) is 0.203. The molecule has 12 heteroatoms. The molecule has 0 saturated carbocycles. The molecule has 10 nitrogen and oxygen atoms in total. The van der Waals surface area contributed by atoms with E-state index in [-0.39, 0.29) is 34.7 Å². The summed E-state index contributed by atoms with van der Waals surface area (Å²) in [6.07, 6.45) is 3.18. The molecular weight excluding hydrogens is 409 g/mol. The zero-order valence-electron chi connectivity index (χ0n) is 15.0.